The van der Waals surface area contributed by atoms with Crippen molar-refractivity contribution in [2.24, 2.45) is 0 Å². The van der Waals surface area contributed by atoms with Crippen molar-refractivity contribution in [2.45, 2.75) is 6.92 Å². The fraction of sp³-hybridized carbons (Fsp3) is 0.167. The standard InChI is InChI=1S/C12H9Cl2NO6S/c1-5(16)8-11(21-22(18,19)20-2)9-6(13)3-4-7(14)10(9)15-12(8)17/h3-4H,1-2H3,(H,15,17). The number of ketones is 1. The van der Waals surface area contributed by atoms with Crippen molar-refractivity contribution in [1.82, 2.24) is 4.98 Å². The third-order valence-electron chi connectivity index (χ3n) is 2.76. The SMILES string of the molecule is COS(=O)(=O)Oc1c(C(C)=O)c(=O)[nH]c2c(Cl)ccc(Cl)c12. The van der Waals surface area contributed by atoms with E-state index in [1.54, 1.807) is 0 Å². The topological polar surface area (TPSA) is 103 Å². The summed E-state index contributed by atoms with van der Waals surface area (Å²) in [4.78, 5) is 26.1. The smallest absolute Gasteiger partial charge is 0.360 e. The van der Waals surface area contributed by atoms with E-state index in [2.05, 4.69) is 9.17 Å². The third kappa shape index (κ3) is 2.95. The van der Waals surface area contributed by atoms with Crippen LogP contribution in [-0.4, -0.2) is 26.3 Å². The first-order chi connectivity index (χ1) is 10.2. The first kappa shape index (κ1) is 16.8. The van der Waals surface area contributed by atoms with Gasteiger partial charge in [0.25, 0.3) is 5.56 Å². The lowest BCUT2D eigenvalue weighted by atomic mass is 10.1. The van der Waals surface area contributed by atoms with Gasteiger partial charge in [0.2, 0.25) is 0 Å². The molecule has 1 N–H and O–H groups in total. The fourth-order valence-corrected chi connectivity index (χ4v) is 2.73. The van der Waals surface area contributed by atoms with Crippen molar-refractivity contribution < 1.29 is 21.6 Å². The Kier molecular flexibility index (Phi) is 4.48. The lowest BCUT2D eigenvalue weighted by Gasteiger charge is -2.12. The molecule has 0 fully saturated rings. The van der Waals surface area contributed by atoms with E-state index in [9.17, 15) is 18.0 Å². The number of hydrogen-bond acceptors (Lipinski definition) is 6. The van der Waals surface area contributed by atoms with Crippen LogP contribution in [0.25, 0.3) is 10.9 Å². The number of hydrogen-bond donors (Lipinski definition) is 1. The lowest BCUT2D eigenvalue weighted by Crippen LogP contribution is -2.21. The number of rotatable bonds is 4. The molecule has 7 nitrogen and oxygen atoms in total. The molecule has 0 saturated carbocycles. The summed E-state index contributed by atoms with van der Waals surface area (Å²) in [5.74, 6) is -1.24. The van der Waals surface area contributed by atoms with Crippen LogP contribution in [0.4, 0.5) is 0 Å². The van der Waals surface area contributed by atoms with Crippen LogP contribution < -0.4 is 9.74 Å². The average Bonchev–Trinajstić information content (AvgIpc) is 2.42. The van der Waals surface area contributed by atoms with Crippen LogP contribution >= 0.6 is 23.2 Å². The van der Waals surface area contributed by atoms with E-state index in [1.165, 1.54) is 12.1 Å². The highest BCUT2D eigenvalue weighted by atomic mass is 35.5. The quantitative estimate of drug-likeness (QED) is 0.833. The molecule has 0 atom stereocenters. The number of carbonyl (C=O) groups excluding carboxylic acids is 1. The Morgan fingerprint density at radius 3 is 2.36 bits per heavy atom. The lowest BCUT2D eigenvalue weighted by molar-refractivity contribution is 0.101. The molecule has 0 amide bonds. The van der Waals surface area contributed by atoms with Crippen LogP contribution in [-0.2, 0) is 14.6 Å². The van der Waals surface area contributed by atoms with Gasteiger partial charge in [0, 0.05) is 0 Å². The monoisotopic (exact) mass is 365 g/mol. The second-order valence-electron chi connectivity index (χ2n) is 4.15. The highest BCUT2D eigenvalue weighted by Crippen LogP contribution is 2.36. The number of aromatic nitrogens is 1. The van der Waals surface area contributed by atoms with Crippen molar-refractivity contribution in [3.63, 3.8) is 0 Å². The summed E-state index contributed by atoms with van der Waals surface area (Å²) in [6, 6.07) is 2.78. The number of H-pyrrole nitrogens is 1. The Morgan fingerprint density at radius 2 is 1.82 bits per heavy atom. The Morgan fingerprint density at radius 1 is 1.23 bits per heavy atom. The second-order valence-corrected chi connectivity index (χ2v) is 6.28. The molecule has 0 aliphatic carbocycles. The molecule has 0 aliphatic rings. The van der Waals surface area contributed by atoms with Crippen molar-refractivity contribution in [3.05, 3.63) is 38.1 Å². The first-order valence-electron chi connectivity index (χ1n) is 5.73. The maximum absolute atomic E-state index is 12.0. The number of pyridine rings is 1. The molecular weight excluding hydrogens is 357 g/mol. The van der Waals surface area contributed by atoms with E-state index in [4.69, 9.17) is 27.4 Å². The predicted molar refractivity (Wildman–Crippen MR) is 81.2 cm³/mol. The predicted octanol–water partition coefficient (Wildman–Crippen LogP) is 2.31. The summed E-state index contributed by atoms with van der Waals surface area (Å²) >= 11 is 12.0. The van der Waals surface area contributed by atoms with Crippen molar-refractivity contribution >= 4 is 50.3 Å². The number of carbonyl (C=O) groups is 1. The van der Waals surface area contributed by atoms with Gasteiger partial charge in [-0.05, 0) is 19.1 Å². The average molecular weight is 366 g/mol. The summed E-state index contributed by atoms with van der Waals surface area (Å²) in [5.41, 5.74) is -1.31. The minimum absolute atomic E-state index is 0.0143. The number of benzene rings is 1. The molecule has 0 bridgehead atoms. The van der Waals surface area contributed by atoms with Crippen LogP contribution in [0.2, 0.25) is 10.0 Å². The Bertz CT molecular complexity index is 935. The molecule has 1 aromatic heterocycles. The van der Waals surface area contributed by atoms with Gasteiger partial charge >= 0.3 is 10.4 Å². The van der Waals surface area contributed by atoms with Crippen LogP contribution in [0.15, 0.2) is 16.9 Å². The van der Waals surface area contributed by atoms with Crippen molar-refractivity contribution in [1.29, 1.82) is 0 Å². The van der Waals surface area contributed by atoms with Gasteiger partial charge in [0.15, 0.2) is 11.5 Å². The summed E-state index contributed by atoms with van der Waals surface area (Å²) < 4.78 is 32.0. The summed E-state index contributed by atoms with van der Waals surface area (Å²) in [6.45, 7) is 1.08. The van der Waals surface area contributed by atoms with Gasteiger partial charge in [0.1, 0.15) is 5.56 Å². The van der Waals surface area contributed by atoms with Crippen LogP contribution in [0.1, 0.15) is 17.3 Å². The van der Waals surface area contributed by atoms with E-state index in [0.29, 0.717) is 0 Å². The maximum Gasteiger partial charge on any atom is 0.448 e. The molecule has 1 aromatic carbocycles. The van der Waals surface area contributed by atoms with Gasteiger partial charge in [0.05, 0.1) is 28.1 Å². The number of fused-ring (bicyclic) bond motifs is 1. The van der Waals surface area contributed by atoms with E-state index < -0.39 is 33.1 Å². The van der Waals surface area contributed by atoms with Crippen molar-refractivity contribution in [2.75, 3.05) is 7.11 Å². The molecule has 2 rings (SSSR count). The largest absolute Gasteiger partial charge is 0.448 e. The highest BCUT2D eigenvalue weighted by molar-refractivity contribution is 7.82. The molecule has 118 valence electrons. The molecule has 10 heteroatoms. The normalized spacial score (nSPS) is 11.6. The Hall–Kier alpha value is -1.61. The number of halogens is 2. The zero-order valence-electron chi connectivity index (χ0n) is 11.3. The summed E-state index contributed by atoms with van der Waals surface area (Å²) in [5, 5.41) is 0.130. The van der Waals surface area contributed by atoms with Gasteiger partial charge in [-0.3, -0.25) is 9.59 Å². The summed E-state index contributed by atoms with van der Waals surface area (Å²) in [6.07, 6.45) is 0. The minimum Gasteiger partial charge on any atom is -0.360 e. The highest BCUT2D eigenvalue weighted by Gasteiger charge is 2.25. The molecule has 1 heterocycles. The Labute approximate surface area is 135 Å². The second kappa shape index (κ2) is 5.88. The molecule has 0 spiro atoms. The zero-order valence-corrected chi connectivity index (χ0v) is 13.6. The van der Waals surface area contributed by atoms with Gasteiger partial charge < -0.3 is 9.17 Å². The van der Waals surface area contributed by atoms with Gasteiger partial charge in [-0.2, -0.15) is 8.42 Å². The Balaban J connectivity index is 3.01. The van der Waals surface area contributed by atoms with Crippen LogP contribution in [0.5, 0.6) is 5.75 Å². The molecule has 0 saturated heterocycles. The number of Topliss-reactive ketones (excluding diaryl/α,β-unsaturated/α-hetero) is 1. The van der Waals surface area contributed by atoms with Crippen molar-refractivity contribution in [3.8, 4) is 5.75 Å². The van der Waals surface area contributed by atoms with E-state index in [1.807, 2.05) is 0 Å². The third-order valence-corrected chi connectivity index (χ3v) is 4.17. The summed E-state index contributed by atoms with van der Waals surface area (Å²) in [7, 11) is -3.61. The zero-order chi connectivity index (χ0) is 16.7. The van der Waals surface area contributed by atoms with E-state index >= 15 is 0 Å². The van der Waals surface area contributed by atoms with Gasteiger partial charge in [-0.15, -0.1) is 0 Å². The number of nitrogens with one attached hydrogen (secondary N) is 1. The molecule has 2 aromatic rings. The van der Waals surface area contributed by atoms with Crippen LogP contribution in [0.3, 0.4) is 0 Å². The maximum atomic E-state index is 12.0. The fourth-order valence-electron chi connectivity index (χ4n) is 1.84. The van der Waals surface area contributed by atoms with E-state index in [-0.39, 0.29) is 20.9 Å². The molecule has 0 unspecified atom stereocenters. The first-order valence-corrected chi connectivity index (χ1v) is 7.82. The van der Waals surface area contributed by atoms with Crippen LogP contribution in [0, 0.1) is 0 Å². The molecule has 0 radical (unpaired) electrons. The van der Waals surface area contributed by atoms with Gasteiger partial charge in [-0.1, -0.05) is 23.2 Å². The molecule has 22 heavy (non-hydrogen) atoms. The molecule has 0 aliphatic heterocycles. The van der Waals surface area contributed by atoms with Gasteiger partial charge in [-0.25, -0.2) is 4.18 Å². The van der Waals surface area contributed by atoms with E-state index in [0.717, 1.165) is 14.0 Å². The molecular formula is C12H9Cl2NO6S. The number of aromatic amines is 1. The minimum atomic E-state index is -4.47.